The SMILES string of the molecule is CCOC(=O)c1cccc(NC(=O)C=Cc2cc3cc(Cl)ccc3o2)c1. The number of esters is 1. The van der Waals surface area contributed by atoms with Gasteiger partial charge in [0, 0.05) is 22.2 Å². The summed E-state index contributed by atoms with van der Waals surface area (Å²) in [5.74, 6) is -0.234. The van der Waals surface area contributed by atoms with Crippen LogP contribution in [-0.2, 0) is 9.53 Å². The topological polar surface area (TPSA) is 68.5 Å². The molecule has 0 saturated heterocycles. The predicted molar refractivity (Wildman–Crippen MR) is 101 cm³/mol. The van der Waals surface area contributed by atoms with E-state index in [-0.39, 0.29) is 5.91 Å². The van der Waals surface area contributed by atoms with Crippen LogP contribution in [0.4, 0.5) is 5.69 Å². The fraction of sp³-hybridized carbons (Fsp3) is 0.100. The summed E-state index contributed by atoms with van der Waals surface area (Å²) in [6.45, 7) is 2.03. The van der Waals surface area contributed by atoms with E-state index >= 15 is 0 Å². The number of anilines is 1. The Morgan fingerprint density at radius 1 is 1.19 bits per heavy atom. The Morgan fingerprint density at radius 3 is 2.85 bits per heavy atom. The highest BCUT2D eigenvalue weighted by atomic mass is 35.5. The smallest absolute Gasteiger partial charge is 0.338 e. The molecule has 1 heterocycles. The number of hydrogen-bond acceptors (Lipinski definition) is 4. The van der Waals surface area contributed by atoms with Crippen molar-refractivity contribution in [3.63, 3.8) is 0 Å². The van der Waals surface area contributed by atoms with Crippen molar-refractivity contribution < 1.29 is 18.7 Å². The average Bonchev–Trinajstić information content (AvgIpc) is 3.02. The van der Waals surface area contributed by atoms with Gasteiger partial charge in [0.2, 0.25) is 5.91 Å². The van der Waals surface area contributed by atoms with E-state index in [1.165, 1.54) is 6.08 Å². The molecule has 3 rings (SSSR count). The first kappa shape index (κ1) is 17.8. The van der Waals surface area contributed by atoms with Crippen LogP contribution in [-0.4, -0.2) is 18.5 Å². The lowest BCUT2D eigenvalue weighted by Gasteiger charge is -2.05. The zero-order valence-corrected chi connectivity index (χ0v) is 14.7. The molecule has 0 radical (unpaired) electrons. The lowest BCUT2D eigenvalue weighted by atomic mass is 10.2. The van der Waals surface area contributed by atoms with Crippen molar-refractivity contribution in [3.05, 3.63) is 71.0 Å². The summed E-state index contributed by atoms with van der Waals surface area (Å²) in [6.07, 6.45) is 2.93. The van der Waals surface area contributed by atoms with Crippen LogP contribution >= 0.6 is 11.6 Å². The zero-order valence-electron chi connectivity index (χ0n) is 14.0. The Hall–Kier alpha value is -3.05. The Kier molecular flexibility index (Phi) is 5.39. The van der Waals surface area contributed by atoms with E-state index < -0.39 is 5.97 Å². The van der Waals surface area contributed by atoms with Crippen LogP contribution in [0.1, 0.15) is 23.0 Å². The summed E-state index contributed by atoms with van der Waals surface area (Å²) < 4.78 is 10.6. The molecule has 0 unspecified atom stereocenters. The highest BCUT2D eigenvalue weighted by molar-refractivity contribution is 6.31. The van der Waals surface area contributed by atoms with Gasteiger partial charge in [0.1, 0.15) is 11.3 Å². The molecule has 0 saturated carbocycles. The van der Waals surface area contributed by atoms with E-state index in [9.17, 15) is 9.59 Å². The molecule has 1 amide bonds. The first-order chi connectivity index (χ1) is 12.5. The summed E-state index contributed by atoms with van der Waals surface area (Å²) in [7, 11) is 0. The van der Waals surface area contributed by atoms with Crippen LogP contribution in [0, 0.1) is 0 Å². The number of halogens is 1. The number of rotatable bonds is 5. The van der Waals surface area contributed by atoms with E-state index in [4.69, 9.17) is 20.8 Å². The van der Waals surface area contributed by atoms with Gasteiger partial charge in [-0.1, -0.05) is 17.7 Å². The zero-order chi connectivity index (χ0) is 18.5. The first-order valence-corrected chi connectivity index (χ1v) is 8.38. The second kappa shape index (κ2) is 7.89. The predicted octanol–water partition coefficient (Wildman–Crippen LogP) is 4.91. The molecule has 5 nitrogen and oxygen atoms in total. The summed E-state index contributed by atoms with van der Waals surface area (Å²) in [5.41, 5.74) is 1.57. The number of hydrogen-bond donors (Lipinski definition) is 1. The Morgan fingerprint density at radius 2 is 2.04 bits per heavy atom. The molecule has 0 fully saturated rings. The van der Waals surface area contributed by atoms with E-state index in [1.807, 2.05) is 0 Å². The summed E-state index contributed by atoms with van der Waals surface area (Å²) >= 11 is 5.94. The second-order valence-corrected chi connectivity index (χ2v) is 5.89. The second-order valence-electron chi connectivity index (χ2n) is 5.45. The number of amides is 1. The quantitative estimate of drug-likeness (QED) is 0.512. The van der Waals surface area contributed by atoms with Gasteiger partial charge in [-0.25, -0.2) is 4.79 Å². The molecule has 2 aromatic carbocycles. The van der Waals surface area contributed by atoms with E-state index in [0.29, 0.717) is 34.2 Å². The van der Waals surface area contributed by atoms with Crippen molar-refractivity contribution in [2.75, 3.05) is 11.9 Å². The number of ether oxygens (including phenoxy) is 1. The molecule has 0 aliphatic rings. The number of fused-ring (bicyclic) bond motifs is 1. The molecule has 0 atom stereocenters. The third-order valence-corrected chi connectivity index (χ3v) is 3.77. The van der Waals surface area contributed by atoms with Gasteiger partial charge < -0.3 is 14.5 Å². The molecule has 0 aliphatic carbocycles. The van der Waals surface area contributed by atoms with Crippen molar-refractivity contribution in [2.45, 2.75) is 6.92 Å². The molecule has 132 valence electrons. The van der Waals surface area contributed by atoms with E-state index in [2.05, 4.69) is 5.32 Å². The number of carbonyl (C=O) groups excluding carboxylic acids is 2. The minimum absolute atomic E-state index is 0.293. The van der Waals surface area contributed by atoms with Gasteiger partial charge in [0.05, 0.1) is 12.2 Å². The van der Waals surface area contributed by atoms with E-state index in [1.54, 1.807) is 61.5 Å². The Labute approximate surface area is 155 Å². The van der Waals surface area contributed by atoms with Crippen LogP contribution in [0.5, 0.6) is 0 Å². The largest absolute Gasteiger partial charge is 0.462 e. The van der Waals surface area contributed by atoms with Gasteiger partial charge in [-0.3, -0.25) is 4.79 Å². The first-order valence-electron chi connectivity index (χ1n) is 8.00. The van der Waals surface area contributed by atoms with Crippen molar-refractivity contribution in [1.29, 1.82) is 0 Å². The van der Waals surface area contributed by atoms with Gasteiger partial charge in [-0.15, -0.1) is 0 Å². The molecule has 0 spiro atoms. The summed E-state index contributed by atoms with van der Waals surface area (Å²) in [4.78, 5) is 23.8. The van der Waals surface area contributed by atoms with Crippen LogP contribution in [0.2, 0.25) is 5.02 Å². The van der Waals surface area contributed by atoms with Crippen molar-refractivity contribution in [1.82, 2.24) is 0 Å². The van der Waals surface area contributed by atoms with Crippen LogP contribution in [0.25, 0.3) is 17.0 Å². The monoisotopic (exact) mass is 369 g/mol. The normalized spacial score (nSPS) is 11.0. The maximum atomic E-state index is 12.1. The van der Waals surface area contributed by atoms with E-state index in [0.717, 1.165) is 5.39 Å². The van der Waals surface area contributed by atoms with Gasteiger partial charge in [-0.2, -0.15) is 0 Å². The molecule has 0 aliphatic heterocycles. The molecular weight excluding hydrogens is 354 g/mol. The fourth-order valence-corrected chi connectivity index (χ4v) is 2.58. The van der Waals surface area contributed by atoms with Crippen LogP contribution < -0.4 is 5.32 Å². The number of furan rings is 1. The van der Waals surface area contributed by atoms with Gasteiger partial charge in [0.15, 0.2) is 0 Å². The summed E-state index contributed by atoms with van der Waals surface area (Å²) in [6, 6.07) is 13.7. The van der Waals surface area contributed by atoms with Crippen LogP contribution in [0.3, 0.4) is 0 Å². The molecule has 1 aromatic heterocycles. The molecule has 6 heteroatoms. The summed E-state index contributed by atoms with van der Waals surface area (Å²) in [5, 5.41) is 4.18. The van der Waals surface area contributed by atoms with Gasteiger partial charge >= 0.3 is 5.97 Å². The number of benzene rings is 2. The number of carbonyl (C=O) groups is 2. The standard InChI is InChI=1S/C20H16ClNO4/c1-2-25-20(24)13-4-3-5-16(11-13)22-19(23)9-7-17-12-14-10-15(21)6-8-18(14)26-17/h3-12H,2H2,1H3,(H,22,23). The Bertz CT molecular complexity index is 990. The third kappa shape index (κ3) is 4.32. The highest BCUT2D eigenvalue weighted by Crippen LogP contribution is 2.23. The van der Waals surface area contributed by atoms with Crippen LogP contribution in [0.15, 0.2) is 59.0 Å². The van der Waals surface area contributed by atoms with Crippen molar-refractivity contribution in [2.24, 2.45) is 0 Å². The fourth-order valence-electron chi connectivity index (χ4n) is 2.40. The number of nitrogens with one attached hydrogen (secondary N) is 1. The highest BCUT2D eigenvalue weighted by Gasteiger charge is 2.08. The molecule has 3 aromatic rings. The van der Waals surface area contributed by atoms with Crippen molar-refractivity contribution in [3.8, 4) is 0 Å². The average molecular weight is 370 g/mol. The third-order valence-electron chi connectivity index (χ3n) is 3.54. The van der Waals surface area contributed by atoms with Gasteiger partial charge in [-0.05, 0) is 55.5 Å². The van der Waals surface area contributed by atoms with Crippen molar-refractivity contribution >= 4 is 46.2 Å². The maximum Gasteiger partial charge on any atom is 0.338 e. The van der Waals surface area contributed by atoms with Gasteiger partial charge in [0.25, 0.3) is 0 Å². The lowest BCUT2D eigenvalue weighted by Crippen LogP contribution is -2.09. The molecule has 26 heavy (non-hydrogen) atoms. The maximum absolute atomic E-state index is 12.1. The molecule has 0 bridgehead atoms. The molecule has 1 N–H and O–H groups in total. The molecular formula is C20H16ClNO4. The minimum atomic E-state index is -0.430. The minimum Gasteiger partial charge on any atom is -0.462 e. The Balaban J connectivity index is 1.68. The lowest BCUT2D eigenvalue weighted by molar-refractivity contribution is -0.111.